The molecule has 5 aromatic carbocycles. The molecule has 0 aliphatic rings. The van der Waals surface area contributed by atoms with E-state index < -0.39 is 5.97 Å². The number of carbonyl (C=O) groups excluding carboxylic acids is 1. The maximum atomic E-state index is 12.3. The van der Waals surface area contributed by atoms with Crippen LogP contribution in [-0.2, 0) is 4.79 Å². The Bertz CT molecular complexity index is 1580. The van der Waals surface area contributed by atoms with Crippen LogP contribution < -0.4 is 9.64 Å². The fourth-order valence-corrected chi connectivity index (χ4v) is 4.37. The van der Waals surface area contributed by atoms with Crippen LogP contribution in [0.15, 0.2) is 158 Å². The van der Waals surface area contributed by atoms with Gasteiger partial charge in [0.25, 0.3) is 0 Å². The lowest BCUT2D eigenvalue weighted by Gasteiger charge is -2.24. The van der Waals surface area contributed by atoms with Gasteiger partial charge in [0.2, 0.25) is 0 Å². The highest BCUT2D eigenvalue weighted by Crippen LogP contribution is 2.35. The van der Waals surface area contributed by atoms with Gasteiger partial charge in [-0.15, -0.1) is 0 Å². The fraction of sp³-hybridized carbons (Fsp3) is 0. The Morgan fingerprint density at radius 1 is 0.625 bits per heavy atom. The highest BCUT2D eigenvalue weighted by atomic mass is 16.5. The van der Waals surface area contributed by atoms with Crippen LogP contribution in [0.4, 0.5) is 11.4 Å². The van der Waals surface area contributed by atoms with Crippen LogP contribution in [0.25, 0.3) is 17.7 Å². The second-order valence-corrected chi connectivity index (χ2v) is 9.07. The molecule has 5 rings (SSSR count). The number of benzene rings is 5. The summed E-state index contributed by atoms with van der Waals surface area (Å²) in [7, 11) is 0. The Morgan fingerprint density at radius 3 is 1.75 bits per heavy atom. The van der Waals surface area contributed by atoms with Gasteiger partial charge in [0.15, 0.2) is 0 Å². The molecule has 0 N–H and O–H groups in total. The lowest BCUT2D eigenvalue weighted by molar-refractivity contribution is -0.128. The molecule has 0 aliphatic heterocycles. The first kappa shape index (κ1) is 26.2. The molecule has 0 aliphatic carbocycles. The Labute approximate surface area is 235 Å². The van der Waals surface area contributed by atoms with Crippen molar-refractivity contribution in [2.75, 3.05) is 4.90 Å². The van der Waals surface area contributed by atoms with Crippen molar-refractivity contribution in [2.24, 2.45) is 0 Å². The summed E-state index contributed by atoms with van der Waals surface area (Å²) in [5, 5.41) is 0. The van der Waals surface area contributed by atoms with Gasteiger partial charge in [-0.05, 0) is 41.0 Å². The Hall–Kier alpha value is -5.41. The molecule has 0 atom stereocenters. The van der Waals surface area contributed by atoms with Crippen LogP contribution in [0.5, 0.6) is 5.75 Å². The van der Waals surface area contributed by atoms with Crippen LogP contribution in [0.2, 0.25) is 0 Å². The van der Waals surface area contributed by atoms with E-state index in [2.05, 4.69) is 54.1 Å². The van der Waals surface area contributed by atoms with Crippen LogP contribution in [0, 0.1) is 0 Å². The molecule has 0 saturated carbocycles. The zero-order valence-electron chi connectivity index (χ0n) is 22.1. The third-order valence-electron chi connectivity index (χ3n) is 6.37. The van der Waals surface area contributed by atoms with Crippen LogP contribution in [0.3, 0.4) is 0 Å². The molecule has 3 nitrogen and oxygen atoms in total. The molecule has 0 aromatic heterocycles. The summed E-state index contributed by atoms with van der Waals surface area (Å²) in [6, 6.07) is 46.7. The van der Waals surface area contributed by atoms with Crippen molar-refractivity contribution >= 4 is 35.1 Å². The molecule has 0 amide bonds. The summed E-state index contributed by atoms with van der Waals surface area (Å²) >= 11 is 0. The first-order valence-corrected chi connectivity index (χ1v) is 13.1. The monoisotopic (exact) mass is 519 g/mol. The van der Waals surface area contributed by atoms with E-state index in [9.17, 15) is 4.79 Å². The quantitative estimate of drug-likeness (QED) is 0.0841. The maximum absolute atomic E-state index is 12.3. The maximum Gasteiger partial charge on any atom is 0.335 e. The third kappa shape index (κ3) is 6.53. The molecule has 3 heteroatoms. The van der Waals surface area contributed by atoms with Crippen LogP contribution in [-0.4, -0.2) is 5.97 Å². The number of rotatable bonds is 9. The van der Waals surface area contributed by atoms with Gasteiger partial charge in [-0.2, -0.15) is 0 Å². The Kier molecular flexibility index (Phi) is 8.45. The van der Waals surface area contributed by atoms with E-state index in [0.717, 1.165) is 39.2 Å². The van der Waals surface area contributed by atoms with Crippen molar-refractivity contribution in [1.82, 2.24) is 0 Å². The summed E-state index contributed by atoms with van der Waals surface area (Å²) in [6.07, 6.45) is 7.26. The molecule has 40 heavy (non-hydrogen) atoms. The van der Waals surface area contributed by atoms with E-state index in [0.29, 0.717) is 5.75 Å². The number of hydrogen-bond acceptors (Lipinski definition) is 3. The van der Waals surface area contributed by atoms with E-state index in [1.165, 1.54) is 6.08 Å². The topological polar surface area (TPSA) is 29.5 Å². The van der Waals surface area contributed by atoms with E-state index in [1.54, 1.807) is 0 Å². The van der Waals surface area contributed by atoms with Crippen LogP contribution >= 0.6 is 0 Å². The minimum absolute atomic E-state index is 0.449. The molecule has 5 aromatic rings. The van der Waals surface area contributed by atoms with E-state index in [1.807, 2.05) is 115 Å². The number of nitrogens with zero attached hydrogens (tertiary/aromatic N) is 1. The molecule has 0 fully saturated rings. The largest absolute Gasteiger partial charge is 0.423 e. The molecule has 0 spiro atoms. The van der Waals surface area contributed by atoms with Gasteiger partial charge in [0.05, 0.1) is 0 Å². The van der Waals surface area contributed by atoms with E-state index in [4.69, 9.17) is 4.74 Å². The number of hydrogen-bond donors (Lipinski definition) is 0. The van der Waals surface area contributed by atoms with E-state index >= 15 is 0 Å². The van der Waals surface area contributed by atoms with Crippen molar-refractivity contribution in [1.29, 1.82) is 0 Å². The summed E-state index contributed by atoms with van der Waals surface area (Å²) in [5.74, 6) is -0.0625. The molecular formula is C37H29NO2. The summed E-state index contributed by atoms with van der Waals surface area (Å²) in [6.45, 7) is 3.58. The lowest BCUT2D eigenvalue weighted by atomic mass is 9.98. The Morgan fingerprint density at radius 2 is 1.18 bits per heavy atom. The number of anilines is 2. The van der Waals surface area contributed by atoms with E-state index in [-0.39, 0.29) is 0 Å². The van der Waals surface area contributed by atoms with Crippen molar-refractivity contribution in [3.63, 3.8) is 0 Å². The van der Waals surface area contributed by atoms with Gasteiger partial charge in [-0.3, -0.25) is 0 Å². The van der Waals surface area contributed by atoms with Gasteiger partial charge in [-0.1, -0.05) is 128 Å². The first-order chi connectivity index (χ1) is 19.7. The van der Waals surface area contributed by atoms with Gasteiger partial charge in [0, 0.05) is 40.9 Å². The van der Waals surface area contributed by atoms with Crippen molar-refractivity contribution in [3.05, 3.63) is 181 Å². The zero-order valence-corrected chi connectivity index (χ0v) is 22.1. The first-order valence-electron chi connectivity index (χ1n) is 13.1. The van der Waals surface area contributed by atoms with Crippen molar-refractivity contribution in [3.8, 4) is 5.75 Å². The molecular weight excluding hydrogens is 490 g/mol. The normalized spacial score (nSPS) is 10.6. The lowest BCUT2D eigenvalue weighted by Crippen LogP contribution is -2.11. The standard InChI is InChI=1S/C37H29NO2/c1-2-37(39)40-36-27-34(26-25-32(36)24-23-29-15-7-3-8-16-29)38(33-21-13-6-14-22-33)28-35(30-17-9-4-10-18-30)31-19-11-5-12-20-31/h2-28H,1H2. The average Bonchev–Trinajstić information content (AvgIpc) is 3.02. The second-order valence-electron chi connectivity index (χ2n) is 9.07. The minimum atomic E-state index is -0.512. The van der Waals surface area contributed by atoms with Gasteiger partial charge in [0.1, 0.15) is 5.75 Å². The third-order valence-corrected chi connectivity index (χ3v) is 6.37. The predicted octanol–water partition coefficient (Wildman–Crippen LogP) is 9.18. The van der Waals surface area contributed by atoms with Crippen LogP contribution in [0.1, 0.15) is 22.3 Å². The van der Waals surface area contributed by atoms with Crippen molar-refractivity contribution < 1.29 is 9.53 Å². The molecule has 0 saturated heterocycles. The molecule has 0 radical (unpaired) electrons. The van der Waals surface area contributed by atoms with Gasteiger partial charge < -0.3 is 9.64 Å². The molecule has 194 valence electrons. The number of para-hydroxylation sites is 1. The number of carbonyl (C=O) groups is 1. The van der Waals surface area contributed by atoms with Crippen molar-refractivity contribution in [2.45, 2.75) is 0 Å². The second kappa shape index (κ2) is 12.9. The highest BCUT2D eigenvalue weighted by Gasteiger charge is 2.15. The SMILES string of the molecule is C=CC(=O)Oc1cc(N(C=C(c2ccccc2)c2ccccc2)c2ccccc2)ccc1C=Cc1ccccc1. The average molecular weight is 520 g/mol. The summed E-state index contributed by atoms with van der Waals surface area (Å²) in [5.41, 5.74) is 6.90. The predicted molar refractivity (Wildman–Crippen MR) is 166 cm³/mol. The minimum Gasteiger partial charge on any atom is -0.423 e. The number of esters is 1. The molecule has 0 heterocycles. The Balaban J connectivity index is 1.65. The smallest absolute Gasteiger partial charge is 0.335 e. The van der Waals surface area contributed by atoms with Gasteiger partial charge in [-0.25, -0.2) is 4.79 Å². The fourth-order valence-electron chi connectivity index (χ4n) is 4.37. The van der Waals surface area contributed by atoms with Gasteiger partial charge >= 0.3 is 5.97 Å². The summed E-state index contributed by atoms with van der Waals surface area (Å²) < 4.78 is 5.73. The summed E-state index contributed by atoms with van der Waals surface area (Å²) in [4.78, 5) is 14.4. The number of ether oxygens (including phenoxy) is 1. The zero-order chi connectivity index (χ0) is 27.6. The molecule has 0 bridgehead atoms. The molecule has 0 unspecified atom stereocenters. The highest BCUT2D eigenvalue weighted by molar-refractivity contribution is 5.87.